The molecule has 0 radical (unpaired) electrons. The molecule has 5 heteroatoms. The van der Waals surface area contributed by atoms with Crippen LogP contribution in [0.15, 0.2) is 45.8 Å². The predicted molar refractivity (Wildman–Crippen MR) is 71.5 cm³/mol. The number of pyridine rings is 1. The van der Waals surface area contributed by atoms with Crippen LogP contribution in [0.3, 0.4) is 0 Å². The molecule has 0 aliphatic rings. The summed E-state index contributed by atoms with van der Waals surface area (Å²) in [6, 6.07) is 9.19. The number of ether oxygens (including phenoxy) is 1. The summed E-state index contributed by atoms with van der Waals surface area (Å²) in [5.74, 6) is -0.656. The van der Waals surface area contributed by atoms with Crippen LogP contribution in [0.2, 0.25) is 0 Å². The maximum Gasteiger partial charge on any atom is 0.344 e. The van der Waals surface area contributed by atoms with Crippen molar-refractivity contribution in [2.45, 2.75) is 0 Å². The molecule has 2 rings (SSSR count). The second kappa shape index (κ2) is 5.18. The second-order valence-corrected chi connectivity index (χ2v) is 4.43. The average Bonchev–Trinajstić information content (AvgIpc) is 2.41. The van der Waals surface area contributed by atoms with Crippen LogP contribution in [0.4, 0.5) is 0 Å². The van der Waals surface area contributed by atoms with Gasteiger partial charge < -0.3 is 9.72 Å². The van der Waals surface area contributed by atoms with Crippen LogP contribution < -0.4 is 5.56 Å². The molecule has 0 aliphatic heterocycles. The van der Waals surface area contributed by atoms with Gasteiger partial charge in [0.25, 0.3) is 5.56 Å². The summed E-state index contributed by atoms with van der Waals surface area (Å²) in [5.41, 5.74) is 0.837. The standard InChI is InChI=1S/C13H10BrNO3/c1-18-13(17)11-10(8-5-3-2-4-6-8)9(14)7-15-12(11)16/h2-7H,1H3,(H,15,16). The number of halogens is 1. The fraction of sp³-hybridized carbons (Fsp3) is 0.0769. The number of nitrogens with one attached hydrogen (secondary N) is 1. The minimum absolute atomic E-state index is 0.00178. The van der Waals surface area contributed by atoms with Crippen molar-refractivity contribution in [1.29, 1.82) is 0 Å². The second-order valence-electron chi connectivity index (χ2n) is 3.57. The van der Waals surface area contributed by atoms with E-state index in [2.05, 4.69) is 25.7 Å². The van der Waals surface area contributed by atoms with Gasteiger partial charge in [-0.25, -0.2) is 4.79 Å². The number of aromatic nitrogens is 1. The number of benzene rings is 1. The SMILES string of the molecule is COC(=O)c1c(-c2ccccc2)c(Br)c[nH]c1=O. The molecule has 0 saturated heterocycles. The molecule has 0 amide bonds. The van der Waals surface area contributed by atoms with Crippen LogP contribution in [0.25, 0.3) is 11.1 Å². The van der Waals surface area contributed by atoms with Gasteiger partial charge in [0.1, 0.15) is 5.56 Å². The van der Waals surface area contributed by atoms with Gasteiger partial charge in [0.2, 0.25) is 0 Å². The molecule has 0 spiro atoms. The Morgan fingerprint density at radius 1 is 1.28 bits per heavy atom. The number of hydrogen-bond acceptors (Lipinski definition) is 3. The minimum Gasteiger partial charge on any atom is -0.465 e. The molecular weight excluding hydrogens is 298 g/mol. The topological polar surface area (TPSA) is 59.2 Å². The van der Waals surface area contributed by atoms with Gasteiger partial charge in [-0.3, -0.25) is 4.79 Å². The van der Waals surface area contributed by atoms with Gasteiger partial charge in [-0.05, 0) is 21.5 Å². The summed E-state index contributed by atoms with van der Waals surface area (Å²) in [7, 11) is 1.25. The van der Waals surface area contributed by atoms with Crippen LogP contribution in [-0.4, -0.2) is 18.1 Å². The molecule has 1 heterocycles. The van der Waals surface area contributed by atoms with Gasteiger partial charge >= 0.3 is 5.97 Å². The fourth-order valence-electron chi connectivity index (χ4n) is 1.69. The molecule has 0 fully saturated rings. The average molecular weight is 308 g/mol. The normalized spacial score (nSPS) is 10.1. The summed E-state index contributed by atoms with van der Waals surface area (Å²) in [6.45, 7) is 0. The lowest BCUT2D eigenvalue weighted by Crippen LogP contribution is -2.20. The number of methoxy groups -OCH3 is 1. The van der Waals surface area contributed by atoms with Crippen molar-refractivity contribution in [2.24, 2.45) is 0 Å². The van der Waals surface area contributed by atoms with Crippen molar-refractivity contribution < 1.29 is 9.53 Å². The molecule has 0 unspecified atom stereocenters. The smallest absolute Gasteiger partial charge is 0.344 e. The Kier molecular flexibility index (Phi) is 3.62. The number of carbonyl (C=O) groups is 1. The van der Waals surface area contributed by atoms with E-state index in [0.717, 1.165) is 5.56 Å². The highest BCUT2D eigenvalue weighted by Crippen LogP contribution is 2.29. The number of H-pyrrole nitrogens is 1. The molecule has 1 aromatic carbocycles. The van der Waals surface area contributed by atoms with E-state index in [1.54, 1.807) is 0 Å². The van der Waals surface area contributed by atoms with E-state index in [1.807, 2.05) is 30.3 Å². The lowest BCUT2D eigenvalue weighted by atomic mass is 10.0. The van der Waals surface area contributed by atoms with Gasteiger partial charge in [-0.2, -0.15) is 0 Å². The molecule has 0 bridgehead atoms. The summed E-state index contributed by atoms with van der Waals surface area (Å²) in [6.07, 6.45) is 1.51. The Morgan fingerprint density at radius 3 is 2.56 bits per heavy atom. The summed E-state index contributed by atoms with van der Waals surface area (Å²) in [4.78, 5) is 26.0. The zero-order chi connectivity index (χ0) is 13.1. The lowest BCUT2D eigenvalue weighted by Gasteiger charge is -2.09. The maximum absolute atomic E-state index is 11.8. The van der Waals surface area contributed by atoms with Crippen molar-refractivity contribution >= 4 is 21.9 Å². The number of rotatable bonds is 2. The first-order valence-electron chi connectivity index (χ1n) is 5.20. The molecule has 2 aromatic rings. The fourth-order valence-corrected chi connectivity index (χ4v) is 2.23. The quantitative estimate of drug-likeness (QED) is 0.868. The third-order valence-corrected chi connectivity index (χ3v) is 3.12. The first kappa shape index (κ1) is 12.6. The van der Waals surface area contributed by atoms with E-state index in [4.69, 9.17) is 0 Å². The van der Waals surface area contributed by atoms with Gasteiger partial charge in [0, 0.05) is 16.2 Å². The molecule has 0 saturated carbocycles. The molecule has 1 aromatic heterocycles. The number of esters is 1. The third-order valence-electron chi connectivity index (χ3n) is 2.50. The number of aromatic amines is 1. The van der Waals surface area contributed by atoms with E-state index in [9.17, 15) is 9.59 Å². The first-order chi connectivity index (χ1) is 8.65. The van der Waals surface area contributed by atoms with Gasteiger partial charge in [-0.1, -0.05) is 30.3 Å². The number of carbonyl (C=O) groups excluding carboxylic acids is 1. The van der Waals surface area contributed by atoms with Crippen molar-refractivity contribution in [2.75, 3.05) is 7.11 Å². The van der Waals surface area contributed by atoms with Gasteiger partial charge in [-0.15, -0.1) is 0 Å². The van der Waals surface area contributed by atoms with Crippen molar-refractivity contribution in [3.63, 3.8) is 0 Å². The van der Waals surface area contributed by atoms with Crippen molar-refractivity contribution in [1.82, 2.24) is 4.98 Å². The molecule has 4 nitrogen and oxygen atoms in total. The zero-order valence-corrected chi connectivity index (χ0v) is 11.2. The Balaban J connectivity index is 2.77. The minimum atomic E-state index is -0.656. The Bertz CT molecular complexity index is 634. The van der Waals surface area contributed by atoms with Crippen LogP contribution in [0.5, 0.6) is 0 Å². The third kappa shape index (κ3) is 2.22. The lowest BCUT2D eigenvalue weighted by molar-refractivity contribution is 0.0599. The van der Waals surface area contributed by atoms with E-state index in [-0.39, 0.29) is 5.56 Å². The predicted octanol–water partition coefficient (Wildman–Crippen LogP) is 2.59. The van der Waals surface area contributed by atoms with E-state index < -0.39 is 11.5 Å². The van der Waals surface area contributed by atoms with E-state index in [0.29, 0.717) is 10.0 Å². The molecule has 92 valence electrons. The van der Waals surface area contributed by atoms with Crippen LogP contribution >= 0.6 is 15.9 Å². The first-order valence-corrected chi connectivity index (χ1v) is 5.99. The highest BCUT2D eigenvalue weighted by atomic mass is 79.9. The Hall–Kier alpha value is -1.88. The van der Waals surface area contributed by atoms with E-state index >= 15 is 0 Å². The van der Waals surface area contributed by atoms with Crippen molar-refractivity contribution in [3.8, 4) is 11.1 Å². The van der Waals surface area contributed by atoms with Crippen LogP contribution in [-0.2, 0) is 4.74 Å². The molecule has 18 heavy (non-hydrogen) atoms. The summed E-state index contributed by atoms with van der Waals surface area (Å²) < 4.78 is 5.29. The highest BCUT2D eigenvalue weighted by molar-refractivity contribution is 9.10. The van der Waals surface area contributed by atoms with Crippen molar-refractivity contribution in [3.05, 3.63) is 56.9 Å². The van der Waals surface area contributed by atoms with Gasteiger partial charge in [0.05, 0.1) is 7.11 Å². The monoisotopic (exact) mass is 307 g/mol. The Labute approximate surface area is 112 Å². The zero-order valence-electron chi connectivity index (χ0n) is 9.57. The largest absolute Gasteiger partial charge is 0.465 e. The maximum atomic E-state index is 11.8. The van der Waals surface area contributed by atoms with Crippen LogP contribution in [0.1, 0.15) is 10.4 Å². The molecule has 0 atom stereocenters. The summed E-state index contributed by atoms with van der Waals surface area (Å²) in [5, 5.41) is 0. The molecule has 0 aliphatic carbocycles. The summed E-state index contributed by atoms with van der Waals surface area (Å²) >= 11 is 3.34. The molecular formula is C13H10BrNO3. The molecule has 1 N–H and O–H groups in total. The van der Waals surface area contributed by atoms with E-state index in [1.165, 1.54) is 13.3 Å². The van der Waals surface area contributed by atoms with Gasteiger partial charge in [0.15, 0.2) is 0 Å². The Morgan fingerprint density at radius 2 is 1.94 bits per heavy atom. The highest BCUT2D eigenvalue weighted by Gasteiger charge is 2.20. The van der Waals surface area contributed by atoms with Crippen LogP contribution in [0, 0.1) is 0 Å². The number of hydrogen-bond donors (Lipinski definition) is 1.